The van der Waals surface area contributed by atoms with Crippen LogP contribution in [0.2, 0.25) is 0 Å². The maximum absolute atomic E-state index is 11.4. The molecule has 0 bridgehead atoms. The Morgan fingerprint density at radius 2 is 2.00 bits per heavy atom. The van der Waals surface area contributed by atoms with Crippen molar-refractivity contribution in [3.05, 3.63) is 0 Å². The lowest BCUT2D eigenvalue weighted by Gasteiger charge is -2.14. The number of nitrogens with one attached hydrogen (secondary N) is 1. The van der Waals surface area contributed by atoms with Gasteiger partial charge in [-0.15, -0.1) is 0 Å². The molecular weight excluding hydrogens is 186 g/mol. The third-order valence-electron chi connectivity index (χ3n) is 1.86. The zero-order chi connectivity index (χ0) is 10.3. The average molecular weight is 205 g/mol. The molecule has 0 aliphatic carbocycles. The zero-order valence-electron chi connectivity index (χ0n) is 8.63. The van der Waals surface area contributed by atoms with Gasteiger partial charge in [0.05, 0.1) is 6.04 Å². The van der Waals surface area contributed by atoms with Crippen molar-refractivity contribution in [3.8, 4) is 0 Å². The lowest BCUT2D eigenvalue weighted by Crippen LogP contribution is -2.40. The summed E-state index contributed by atoms with van der Waals surface area (Å²) in [6.07, 6.45) is 0.512. The van der Waals surface area contributed by atoms with Gasteiger partial charge in [0.25, 0.3) is 0 Å². The predicted molar refractivity (Wildman–Crippen MR) is 56.3 cm³/mol. The molecule has 0 rings (SSSR count). The predicted octanol–water partition coefficient (Wildman–Crippen LogP) is 0.712. The second-order valence-electron chi connectivity index (χ2n) is 2.83. The first-order valence-electron chi connectivity index (χ1n) is 4.76. The van der Waals surface area contributed by atoms with Gasteiger partial charge >= 0.3 is 0 Å². The van der Waals surface area contributed by atoms with Gasteiger partial charge in [-0.25, -0.2) is 0 Å². The van der Waals surface area contributed by atoms with Gasteiger partial charge in [0.1, 0.15) is 5.78 Å². The molecule has 0 saturated carbocycles. The van der Waals surface area contributed by atoms with Gasteiger partial charge in [-0.2, -0.15) is 0 Å². The zero-order valence-corrected chi connectivity index (χ0v) is 9.45. The molecule has 0 aromatic rings. The molecule has 0 fully saturated rings. The first kappa shape index (κ1) is 12.8. The molecule has 0 saturated heterocycles. The van der Waals surface area contributed by atoms with Crippen LogP contribution in [0.4, 0.5) is 0 Å². The lowest BCUT2D eigenvalue weighted by molar-refractivity contribution is -0.120. The topological polar surface area (TPSA) is 46.2 Å². The van der Waals surface area contributed by atoms with Gasteiger partial charge in [-0.05, 0) is 6.54 Å². The summed E-state index contributed by atoms with van der Waals surface area (Å²) in [4.78, 5) is 11.4. The molecule has 2 atom stereocenters. The SMILES string of the molecule is CCNC(CS(=O)CC)C(=O)CC. The standard InChI is InChI=1S/C9H19NO2S/c1-4-9(11)8(10-5-2)7-13(12)6-3/h8,10H,4-7H2,1-3H3. The fraction of sp³-hybridized carbons (Fsp3) is 0.889. The molecule has 0 aromatic carbocycles. The molecule has 0 spiro atoms. The maximum Gasteiger partial charge on any atom is 0.150 e. The monoisotopic (exact) mass is 205 g/mol. The van der Waals surface area contributed by atoms with E-state index in [0.29, 0.717) is 17.9 Å². The summed E-state index contributed by atoms with van der Waals surface area (Å²) in [7, 11) is -0.864. The highest BCUT2D eigenvalue weighted by atomic mass is 32.2. The third-order valence-corrected chi connectivity index (χ3v) is 3.21. The minimum Gasteiger partial charge on any atom is -0.307 e. The molecule has 4 heteroatoms. The van der Waals surface area contributed by atoms with Crippen LogP contribution in [-0.4, -0.2) is 34.1 Å². The minimum atomic E-state index is -0.864. The van der Waals surface area contributed by atoms with Crippen LogP contribution in [0.3, 0.4) is 0 Å². The first-order chi connectivity index (χ1) is 6.15. The van der Waals surface area contributed by atoms with Gasteiger partial charge < -0.3 is 5.32 Å². The van der Waals surface area contributed by atoms with E-state index in [1.807, 2.05) is 20.8 Å². The van der Waals surface area contributed by atoms with Crippen LogP contribution in [0.25, 0.3) is 0 Å². The average Bonchev–Trinajstić information content (AvgIpc) is 2.15. The van der Waals surface area contributed by atoms with E-state index >= 15 is 0 Å². The Labute approximate surface area is 82.7 Å². The van der Waals surface area contributed by atoms with Gasteiger partial charge in [-0.3, -0.25) is 9.00 Å². The molecule has 78 valence electrons. The Kier molecular flexibility index (Phi) is 7.09. The van der Waals surface area contributed by atoms with E-state index in [0.717, 1.165) is 6.54 Å². The normalized spacial score (nSPS) is 15.3. The lowest BCUT2D eigenvalue weighted by atomic mass is 10.2. The smallest absolute Gasteiger partial charge is 0.150 e. The van der Waals surface area contributed by atoms with E-state index in [4.69, 9.17) is 0 Å². The second-order valence-corrected chi connectivity index (χ2v) is 4.62. The number of likely N-dealkylation sites (N-methyl/N-ethyl adjacent to an activating group) is 1. The van der Waals surface area contributed by atoms with Crippen LogP contribution in [0.15, 0.2) is 0 Å². The van der Waals surface area contributed by atoms with Crippen molar-refractivity contribution >= 4 is 16.6 Å². The van der Waals surface area contributed by atoms with Crippen LogP contribution in [-0.2, 0) is 15.6 Å². The van der Waals surface area contributed by atoms with Crippen molar-refractivity contribution in [3.63, 3.8) is 0 Å². The van der Waals surface area contributed by atoms with E-state index in [-0.39, 0.29) is 11.8 Å². The number of hydrogen-bond acceptors (Lipinski definition) is 3. The molecular formula is C9H19NO2S. The summed E-state index contributed by atoms with van der Waals surface area (Å²) in [5.41, 5.74) is 0. The summed E-state index contributed by atoms with van der Waals surface area (Å²) in [6, 6.07) is -0.212. The van der Waals surface area contributed by atoms with Crippen molar-refractivity contribution in [1.82, 2.24) is 5.32 Å². The number of Topliss-reactive ketones (excluding diaryl/α,β-unsaturated/α-hetero) is 1. The molecule has 0 aliphatic heterocycles. The summed E-state index contributed by atoms with van der Waals surface area (Å²) in [5.74, 6) is 1.24. The van der Waals surface area contributed by atoms with E-state index in [1.54, 1.807) is 0 Å². The third kappa shape index (κ3) is 5.16. The number of carbonyl (C=O) groups excluding carboxylic acids is 1. The van der Waals surface area contributed by atoms with Gasteiger partial charge in [0, 0.05) is 28.7 Å². The number of ketones is 1. The van der Waals surface area contributed by atoms with Gasteiger partial charge in [0.2, 0.25) is 0 Å². The van der Waals surface area contributed by atoms with Crippen molar-refractivity contribution < 1.29 is 9.00 Å². The van der Waals surface area contributed by atoms with Crippen LogP contribution >= 0.6 is 0 Å². The van der Waals surface area contributed by atoms with Crippen molar-refractivity contribution in [2.24, 2.45) is 0 Å². The van der Waals surface area contributed by atoms with Gasteiger partial charge in [0.15, 0.2) is 0 Å². The highest BCUT2D eigenvalue weighted by Crippen LogP contribution is 1.95. The molecule has 3 nitrogen and oxygen atoms in total. The maximum atomic E-state index is 11.4. The Balaban J connectivity index is 4.08. The molecule has 0 aliphatic rings. The van der Waals surface area contributed by atoms with Gasteiger partial charge in [-0.1, -0.05) is 20.8 Å². The minimum absolute atomic E-state index is 0.156. The molecule has 2 unspecified atom stereocenters. The number of carbonyl (C=O) groups is 1. The molecule has 0 aromatic heterocycles. The van der Waals surface area contributed by atoms with E-state index < -0.39 is 10.8 Å². The van der Waals surface area contributed by atoms with Crippen molar-refractivity contribution in [1.29, 1.82) is 0 Å². The Morgan fingerprint density at radius 3 is 2.38 bits per heavy atom. The molecule has 0 heterocycles. The summed E-state index contributed by atoms with van der Waals surface area (Å²) >= 11 is 0. The fourth-order valence-electron chi connectivity index (χ4n) is 1.06. The molecule has 0 amide bonds. The van der Waals surface area contributed by atoms with Crippen LogP contribution in [0.5, 0.6) is 0 Å². The Morgan fingerprint density at radius 1 is 1.38 bits per heavy atom. The van der Waals surface area contributed by atoms with Crippen LogP contribution < -0.4 is 5.32 Å². The Bertz CT molecular complexity index is 182. The van der Waals surface area contributed by atoms with Crippen molar-refractivity contribution in [2.75, 3.05) is 18.1 Å². The highest BCUT2D eigenvalue weighted by Gasteiger charge is 2.17. The fourth-order valence-corrected chi connectivity index (χ4v) is 1.97. The van der Waals surface area contributed by atoms with Crippen LogP contribution in [0.1, 0.15) is 27.2 Å². The summed E-state index contributed by atoms with van der Waals surface area (Å²) in [5, 5.41) is 3.06. The van der Waals surface area contributed by atoms with Crippen molar-refractivity contribution in [2.45, 2.75) is 33.2 Å². The quantitative estimate of drug-likeness (QED) is 0.666. The molecule has 0 radical (unpaired) electrons. The van der Waals surface area contributed by atoms with E-state index in [2.05, 4.69) is 5.32 Å². The number of hydrogen-bond donors (Lipinski definition) is 1. The molecule has 1 N–H and O–H groups in total. The first-order valence-corrected chi connectivity index (χ1v) is 6.25. The number of rotatable bonds is 7. The largest absolute Gasteiger partial charge is 0.307 e. The van der Waals surface area contributed by atoms with E-state index in [1.165, 1.54) is 0 Å². The molecule has 13 heavy (non-hydrogen) atoms. The highest BCUT2D eigenvalue weighted by molar-refractivity contribution is 7.85. The van der Waals surface area contributed by atoms with E-state index in [9.17, 15) is 9.00 Å². The summed E-state index contributed by atoms with van der Waals surface area (Å²) in [6.45, 7) is 6.40. The Hall–Kier alpha value is -0.220. The summed E-state index contributed by atoms with van der Waals surface area (Å²) < 4.78 is 11.2. The second kappa shape index (κ2) is 7.21. The van der Waals surface area contributed by atoms with Crippen LogP contribution in [0, 0.1) is 0 Å².